The predicted octanol–water partition coefficient (Wildman–Crippen LogP) is 1.33. The Morgan fingerprint density at radius 2 is 2.17 bits per heavy atom. The molecule has 0 saturated carbocycles. The van der Waals surface area contributed by atoms with Gasteiger partial charge in [-0.05, 0) is 12.0 Å². The second-order valence-electron chi connectivity index (χ2n) is 5.79. The Morgan fingerprint density at radius 3 is 2.83 bits per heavy atom. The summed E-state index contributed by atoms with van der Waals surface area (Å²) in [4.78, 5) is 12.7. The van der Waals surface area contributed by atoms with Crippen molar-refractivity contribution in [3.63, 3.8) is 0 Å². The highest BCUT2D eigenvalue weighted by Gasteiger charge is 2.17. The van der Waals surface area contributed by atoms with Crippen LogP contribution >= 0.6 is 0 Å². The minimum absolute atomic E-state index is 0.00533. The fraction of sp³-hybridized carbons (Fsp3) is 0.625. The Morgan fingerprint density at radius 1 is 1.43 bits per heavy atom. The predicted molar refractivity (Wildman–Crippen MR) is 87.4 cm³/mol. The van der Waals surface area contributed by atoms with Crippen LogP contribution in [0.4, 0.5) is 5.69 Å². The number of hydrogen-bond donors (Lipinski definition) is 2. The molecular weight excluding hydrogens is 298 g/mol. The third kappa shape index (κ3) is 5.54. The highest BCUT2D eigenvalue weighted by atomic mass is 16.6. The lowest BCUT2D eigenvalue weighted by Gasteiger charge is -2.29. The van der Waals surface area contributed by atoms with Gasteiger partial charge in [0.15, 0.2) is 0 Å². The summed E-state index contributed by atoms with van der Waals surface area (Å²) < 4.78 is 5.29. The molecule has 0 bridgehead atoms. The summed E-state index contributed by atoms with van der Waals surface area (Å²) in [6, 6.07) is 6.65. The van der Waals surface area contributed by atoms with Crippen molar-refractivity contribution in [3.8, 4) is 0 Å². The number of non-ortho nitro benzene ring substituents is 1. The minimum Gasteiger partial charge on any atom is -0.390 e. The van der Waals surface area contributed by atoms with E-state index >= 15 is 0 Å². The van der Waals surface area contributed by atoms with Gasteiger partial charge >= 0.3 is 0 Å². The molecule has 23 heavy (non-hydrogen) atoms. The van der Waals surface area contributed by atoms with Gasteiger partial charge in [0.2, 0.25) is 0 Å². The first-order chi connectivity index (χ1) is 11.1. The Kier molecular flexibility index (Phi) is 6.91. The van der Waals surface area contributed by atoms with Crippen molar-refractivity contribution in [1.82, 2.24) is 10.2 Å². The van der Waals surface area contributed by atoms with Crippen LogP contribution in [0, 0.1) is 10.1 Å². The number of morpholine rings is 1. The van der Waals surface area contributed by atoms with Gasteiger partial charge in [-0.25, -0.2) is 0 Å². The van der Waals surface area contributed by atoms with Crippen LogP contribution in [0.5, 0.6) is 0 Å². The number of aliphatic hydroxyl groups excluding tert-OH is 1. The van der Waals surface area contributed by atoms with Crippen molar-refractivity contribution in [2.75, 3.05) is 39.4 Å². The van der Waals surface area contributed by atoms with Gasteiger partial charge in [0.05, 0.1) is 24.2 Å². The SMILES string of the molecule is CCC(NCC(O)CN1CCOCC1)c1cccc([N+](=O)[O-])c1. The summed E-state index contributed by atoms with van der Waals surface area (Å²) in [6.45, 7) is 6.21. The van der Waals surface area contributed by atoms with Crippen LogP contribution < -0.4 is 5.32 Å². The van der Waals surface area contributed by atoms with E-state index in [1.54, 1.807) is 12.1 Å². The van der Waals surface area contributed by atoms with Crippen LogP contribution in [0.1, 0.15) is 24.9 Å². The molecule has 2 N–H and O–H groups in total. The molecule has 7 nitrogen and oxygen atoms in total. The van der Waals surface area contributed by atoms with Crippen molar-refractivity contribution < 1.29 is 14.8 Å². The lowest BCUT2D eigenvalue weighted by molar-refractivity contribution is -0.384. The van der Waals surface area contributed by atoms with Crippen LogP contribution in [0.25, 0.3) is 0 Å². The van der Waals surface area contributed by atoms with Crippen molar-refractivity contribution >= 4 is 5.69 Å². The first kappa shape index (κ1) is 17.8. The Balaban J connectivity index is 1.86. The van der Waals surface area contributed by atoms with Crippen molar-refractivity contribution in [1.29, 1.82) is 0 Å². The molecule has 2 rings (SSSR count). The molecule has 0 aromatic heterocycles. The quantitative estimate of drug-likeness (QED) is 0.554. The van der Waals surface area contributed by atoms with Gasteiger partial charge in [-0.1, -0.05) is 19.1 Å². The second kappa shape index (κ2) is 8.93. The largest absolute Gasteiger partial charge is 0.390 e. The van der Waals surface area contributed by atoms with Gasteiger partial charge in [-0.15, -0.1) is 0 Å². The number of β-amino-alcohol motifs (C(OH)–C–C–N with tert-alkyl or cyclic N) is 1. The summed E-state index contributed by atoms with van der Waals surface area (Å²) in [5.74, 6) is 0. The standard InChI is InChI=1S/C16H25N3O4/c1-2-16(13-4-3-5-14(10-13)19(21)22)17-11-15(20)12-18-6-8-23-9-7-18/h3-5,10,15-17,20H,2,6-9,11-12H2,1H3. The summed E-state index contributed by atoms with van der Waals surface area (Å²) in [5.41, 5.74) is 0.969. The molecule has 0 aliphatic carbocycles. The average Bonchev–Trinajstić information content (AvgIpc) is 2.56. The number of rotatable bonds is 8. The van der Waals surface area contributed by atoms with Crippen molar-refractivity contribution in [2.45, 2.75) is 25.5 Å². The molecule has 1 aromatic rings. The Labute approximate surface area is 136 Å². The number of hydrogen-bond acceptors (Lipinski definition) is 6. The minimum atomic E-state index is -0.471. The topological polar surface area (TPSA) is 87.9 Å². The highest BCUT2D eigenvalue weighted by Crippen LogP contribution is 2.21. The number of ether oxygens (including phenoxy) is 1. The monoisotopic (exact) mass is 323 g/mol. The molecule has 1 aliphatic heterocycles. The zero-order chi connectivity index (χ0) is 16.7. The maximum Gasteiger partial charge on any atom is 0.269 e. The lowest BCUT2D eigenvalue weighted by Crippen LogP contribution is -2.44. The van der Waals surface area contributed by atoms with E-state index in [0.717, 1.165) is 25.1 Å². The van der Waals surface area contributed by atoms with Gasteiger partial charge in [0.25, 0.3) is 5.69 Å². The molecule has 1 fully saturated rings. The summed E-state index contributed by atoms with van der Waals surface area (Å²) in [5, 5.41) is 24.4. The van der Waals surface area contributed by atoms with E-state index in [2.05, 4.69) is 10.2 Å². The van der Waals surface area contributed by atoms with Crippen LogP contribution in [0.2, 0.25) is 0 Å². The van der Waals surface area contributed by atoms with Crippen LogP contribution in [0.15, 0.2) is 24.3 Å². The van der Waals surface area contributed by atoms with E-state index in [1.165, 1.54) is 6.07 Å². The summed E-state index contributed by atoms with van der Waals surface area (Å²) in [6.07, 6.45) is 0.326. The van der Waals surface area contributed by atoms with Gasteiger partial charge < -0.3 is 15.2 Å². The molecule has 2 unspecified atom stereocenters. The van der Waals surface area contributed by atoms with E-state index in [9.17, 15) is 15.2 Å². The molecule has 1 saturated heterocycles. The van der Waals surface area contributed by atoms with Crippen molar-refractivity contribution in [2.24, 2.45) is 0 Å². The first-order valence-corrected chi connectivity index (χ1v) is 8.06. The van der Waals surface area contributed by atoms with Gasteiger partial charge in [0, 0.05) is 44.4 Å². The van der Waals surface area contributed by atoms with Gasteiger partial charge in [0.1, 0.15) is 0 Å². The number of nitrogens with one attached hydrogen (secondary N) is 1. The first-order valence-electron chi connectivity index (χ1n) is 8.06. The molecule has 0 amide bonds. The normalized spacial score (nSPS) is 18.5. The smallest absolute Gasteiger partial charge is 0.269 e. The second-order valence-corrected chi connectivity index (χ2v) is 5.79. The molecule has 128 valence electrons. The number of nitro benzene ring substituents is 1. The molecular formula is C16H25N3O4. The number of benzene rings is 1. The molecule has 7 heteroatoms. The van der Waals surface area contributed by atoms with Crippen LogP contribution in [-0.2, 0) is 4.74 Å². The summed E-state index contributed by atoms with van der Waals surface area (Å²) in [7, 11) is 0. The Hall–Kier alpha value is -1.54. The molecule has 1 heterocycles. The zero-order valence-corrected chi connectivity index (χ0v) is 13.5. The van der Waals surface area contributed by atoms with E-state index in [1.807, 2.05) is 13.0 Å². The van der Waals surface area contributed by atoms with E-state index < -0.39 is 6.10 Å². The molecule has 0 spiro atoms. The molecule has 0 radical (unpaired) electrons. The van der Waals surface area contributed by atoms with E-state index in [-0.39, 0.29) is 16.7 Å². The average molecular weight is 323 g/mol. The fourth-order valence-corrected chi connectivity index (χ4v) is 2.78. The molecule has 1 aliphatic rings. The van der Waals surface area contributed by atoms with E-state index in [0.29, 0.717) is 26.3 Å². The molecule has 1 aromatic carbocycles. The van der Waals surface area contributed by atoms with Gasteiger partial charge in [-0.3, -0.25) is 15.0 Å². The third-order valence-corrected chi connectivity index (χ3v) is 4.06. The number of nitrogens with zero attached hydrogens (tertiary/aromatic N) is 2. The third-order valence-electron chi connectivity index (χ3n) is 4.06. The maximum atomic E-state index is 10.9. The van der Waals surface area contributed by atoms with Gasteiger partial charge in [-0.2, -0.15) is 0 Å². The van der Waals surface area contributed by atoms with Crippen molar-refractivity contribution in [3.05, 3.63) is 39.9 Å². The van der Waals surface area contributed by atoms with Crippen LogP contribution in [-0.4, -0.2) is 60.4 Å². The molecule has 2 atom stereocenters. The number of nitro groups is 1. The van der Waals surface area contributed by atoms with E-state index in [4.69, 9.17) is 4.74 Å². The zero-order valence-electron chi connectivity index (χ0n) is 13.5. The Bertz CT molecular complexity index is 506. The number of aliphatic hydroxyl groups is 1. The maximum absolute atomic E-state index is 10.9. The highest BCUT2D eigenvalue weighted by molar-refractivity contribution is 5.35. The lowest BCUT2D eigenvalue weighted by atomic mass is 10.0. The van der Waals surface area contributed by atoms with Crippen LogP contribution in [0.3, 0.4) is 0 Å². The summed E-state index contributed by atoms with van der Waals surface area (Å²) >= 11 is 0. The fourth-order valence-electron chi connectivity index (χ4n) is 2.78.